The highest BCUT2D eigenvalue weighted by Crippen LogP contribution is 2.37. The van der Waals surface area contributed by atoms with Crippen LogP contribution in [0.3, 0.4) is 0 Å². The van der Waals surface area contributed by atoms with Crippen molar-refractivity contribution in [2.75, 3.05) is 26.8 Å². The average Bonchev–Trinajstić information content (AvgIpc) is 3.48. The van der Waals surface area contributed by atoms with E-state index in [-0.39, 0.29) is 30.4 Å². The van der Waals surface area contributed by atoms with E-state index in [1.54, 1.807) is 7.11 Å². The Bertz CT molecular complexity index is 1150. The Morgan fingerprint density at radius 2 is 1.57 bits per heavy atom. The fourth-order valence-corrected chi connectivity index (χ4v) is 5.24. The number of rotatable bonds is 7. The van der Waals surface area contributed by atoms with Gasteiger partial charge in [-0.3, -0.25) is 9.69 Å². The molecule has 0 aliphatic carbocycles. The Balaban J connectivity index is 1.40. The van der Waals surface area contributed by atoms with Crippen LogP contribution >= 0.6 is 0 Å². The first-order chi connectivity index (χ1) is 17.1. The molecule has 0 N–H and O–H groups in total. The number of cyclic esters (lactones) is 1. The van der Waals surface area contributed by atoms with E-state index in [4.69, 9.17) is 9.47 Å². The highest BCUT2D eigenvalue weighted by molar-refractivity contribution is 5.95. The number of hydrogen-bond acceptors (Lipinski definition) is 5. The highest BCUT2D eigenvalue weighted by Gasteiger charge is 2.46. The summed E-state index contributed by atoms with van der Waals surface area (Å²) in [6.45, 7) is 2.32. The first-order valence-electron chi connectivity index (χ1n) is 12.1. The second-order valence-corrected chi connectivity index (χ2v) is 9.29. The van der Waals surface area contributed by atoms with Gasteiger partial charge in [0.25, 0.3) is 0 Å². The van der Waals surface area contributed by atoms with Crippen LogP contribution in [0.4, 0.5) is 4.79 Å². The molecule has 180 valence electrons. The number of ether oxygens (including phenoxy) is 2. The maximum absolute atomic E-state index is 13.9. The summed E-state index contributed by atoms with van der Waals surface area (Å²) in [4.78, 5) is 30.3. The fraction of sp³-hybridized carbons (Fsp3) is 0.310. The summed E-state index contributed by atoms with van der Waals surface area (Å²) in [5, 5.41) is 0. The van der Waals surface area contributed by atoms with Gasteiger partial charge < -0.3 is 9.47 Å². The Morgan fingerprint density at radius 1 is 0.914 bits per heavy atom. The molecule has 0 unspecified atom stereocenters. The van der Waals surface area contributed by atoms with Crippen LogP contribution < -0.4 is 4.74 Å². The number of hydrogen-bond donors (Lipinski definition) is 0. The summed E-state index contributed by atoms with van der Waals surface area (Å²) in [5.74, 6) is 0.269. The van der Waals surface area contributed by atoms with Crippen LogP contribution in [-0.2, 0) is 22.5 Å². The predicted octanol–water partition coefficient (Wildman–Crippen LogP) is 4.50. The number of amides is 2. The summed E-state index contributed by atoms with van der Waals surface area (Å²) in [6, 6.07) is 27.8. The van der Waals surface area contributed by atoms with Gasteiger partial charge in [0.05, 0.1) is 19.1 Å². The van der Waals surface area contributed by atoms with Gasteiger partial charge in [-0.2, -0.15) is 0 Å². The molecule has 2 fully saturated rings. The largest absolute Gasteiger partial charge is 0.497 e. The molecule has 2 amide bonds. The van der Waals surface area contributed by atoms with Gasteiger partial charge in [-0.25, -0.2) is 9.69 Å². The van der Waals surface area contributed by atoms with E-state index in [2.05, 4.69) is 17.0 Å². The Morgan fingerprint density at radius 3 is 2.23 bits per heavy atom. The van der Waals surface area contributed by atoms with Crippen molar-refractivity contribution in [1.29, 1.82) is 0 Å². The van der Waals surface area contributed by atoms with Gasteiger partial charge in [0.2, 0.25) is 5.91 Å². The quantitative estimate of drug-likeness (QED) is 0.509. The maximum atomic E-state index is 13.9. The number of carbonyl (C=O) groups is 2. The summed E-state index contributed by atoms with van der Waals surface area (Å²) < 4.78 is 10.7. The van der Waals surface area contributed by atoms with Gasteiger partial charge >= 0.3 is 6.09 Å². The van der Waals surface area contributed by atoms with Crippen molar-refractivity contribution >= 4 is 12.0 Å². The summed E-state index contributed by atoms with van der Waals surface area (Å²) in [5.41, 5.74) is 3.36. The lowest BCUT2D eigenvalue weighted by atomic mass is 9.87. The molecule has 2 aliphatic heterocycles. The van der Waals surface area contributed by atoms with E-state index in [1.807, 2.05) is 72.8 Å². The van der Waals surface area contributed by atoms with Crippen molar-refractivity contribution in [2.24, 2.45) is 5.92 Å². The molecule has 3 aromatic rings. The third kappa shape index (κ3) is 5.08. The van der Waals surface area contributed by atoms with Gasteiger partial charge in [-0.15, -0.1) is 0 Å². The molecule has 0 bridgehead atoms. The fourth-order valence-electron chi connectivity index (χ4n) is 5.24. The lowest BCUT2D eigenvalue weighted by Crippen LogP contribution is -2.45. The second kappa shape index (κ2) is 10.3. The number of nitrogens with zero attached hydrogens (tertiary/aromatic N) is 2. The van der Waals surface area contributed by atoms with Gasteiger partial charge in [-0.1, -0.05) is 72.8 Å². The van der Waals surface area contributed by atoms with E-state index >= 15 is 0 Å². The first-order valence-corrected chi connectivity index (χ1v) is 12.1. The number of carbonyl (C=O) groups excluding carboxylic acids is 2. The lowest BCUT2D eigenvalue weighted by Gasteiger charge is -2.26. The van der Waals surface area contributed by atoms with Gasteiger partial charge in [0.1, 0.15) is 12.4 Å². The third-order valence-corrected chi connectivity index (χ3v) is 7.02. The number of benzene rings is 3. The molecule has 0 saturated carbocycles. The minimum absolute atomic E-state index is 0.0251. The average molecular weight is 471 g/mol. The molecule has 2 saturated heterocycles. The van der Waals surface area contributed by atoms with Crippen molar-refractivity contribution < 1.29 is 19.1 Å². The Labute approximate surface area is 206 Å². The van der Waals surface area contributed by atoms with E-state index in [0.717, 1.165) is 30.0 Å². The molecule has 5 rings (SSSR count). The maximum Gasteiger partial charge on any atom is 0.416 e. The lowest BCUT2D eigenvalue weighted by molar-refractivity contribution is -0.133. The first kappa shape index (κ1) is 23.1. The van der Waals surface area contributed by atoms with Gasteiger partial charge in [0.15, 0.2) is 0 Å². The number of imide groups is 1. The van der Waals surface area contributed by atoms with Crippen molar-refractivity contribution in [1.82, 2.24) is 9.80 Å². The SMILES string of the molecule is COc1ccc([C@@H]2CN(Cc3ccccc3)C[C@H]2C(=O)N2C(=O)OC[C@H]2Cc2ccccc2)cc1. The van der Waals surface area contributed by atoms with Crippen molar-refractivity contribution in [3.8, 4) is 5.75 Å². The summed E-state index contributed by atoms with van der Waals surface area (Å²) >= 11 is 0. The van der Waals surface area contributed by atoms with Crippen LogP contribution in [0.15, 0.2) is 84.9 Å². The highest BCUT2D eigenvalue weighted by atomic mass is 16.6. The third-order valence-electron chi connectivity index (χ3n) is 7.02. The molecular weight excluding hydrogens is 440 g/mol. The zero-order valence-corrected chi connectivity index (χ0v) is 19.9. The smallest absolute Gasteiger partial charge is 0.416 e. The van der Waals surface area contributed by atoms with Gasteiger partial charge in [-0.05, 0) is 35.2 Å². The van der Waals surface area contributed by atoms with Crippen LogP contribution in [-0.4, -0.2) is 54.6 Å². The molecule has 2 heterocycles. The number of likely N-dealkylation sites (tertiary alicyclic amines) is 1. The van der Waals surface area contributed by atoms with E-state index < -0.39 is 6.09 Å². The van der Waals surface area contributed by atoms with Crippen molar-refractivity contribution in [3.05, 3.63) is 102 Å². The van der Waals surface area contributed by atoms with E-state index in [1.165, 1.54) is 10.5 Å². The molecule has 2 aliphatic rings. The molecule has 0 radical (unpaired) electrons. The van der Waals surface area contributed by atoms with Crippen LogP contribution in [0.5, 0.6) is 5.75 Å². The van der Waals surface area contributed by atoms with Crippen molar-refractivity contribution in [2.45, 2.75) is 24.9 Å². The zero-order valence-electron chi connectivity index (χ0n) is 19.9. The Hall–Kier alpha value is -3.64. The van der Waals surface area contributed by atoms with Crippen LogP contribution in [0, 0.1) is 5.92 Å². The normalized spacial score (nSPS) is 22.3. The molecule has 0 aromatic heterocycles. The molecule has 6 nitrogen and oxygen atoms in total. The monoisotopic (exact) mass is 470 g/mol. The second-order valence-electron chi connectivity index (χ2n) is 9.29. The van der Waals surface area contributed by atoms with E-state index in [9.17, 15) is 9.59 Å². The van der Waals surface area contributed by atoms with E-state index in [0.29, 0.717) is 13.0 Å². The minimum atomic E-state index is -0.536. The minimum Gasteiger partial charge on any atom is -0.497 e. The Kier molecular flexibility index (Phi) is 6.82. The molecule has 35 heavy (non-hydrogen) atoms. The molecule has 3 atom stereocenters. The molecule has 6 heteroatoms. The standard InChI is InChI=1S/C29H30N2O4/c1-34-25-14-12-23(13-15-25)26-18-30(17-22-10-6-3-7-11-22)19-27(26)28(32)31-24(20-35-29(31)33)16-21-8-4-2-5-9-21/h2-15,24,26-27H,16-20H2,1H3/t24-,26+,27-/m1/s1. The molecule has 0 spiro atoms. The molecular formula is C29H30N2O4. The van der Waals surface area contributed by atoms with Gasteiger partial charge in [0, 0.05) is 25.6 Å². The van der Waals surface area contributed by atoms with Crippen LogP contribution in [0.2, 0.25) is 0 Å². The van der Waals surface area contributed by atoms with Crippen LogP contribution in [0.25, 0.3) is 0 Å². The van der Waals surface area contributed by atoms with Crippen LogP contribution in [0.1, 0.15) is 22.6 Å². The number of methoxy groups -OCH3 is 1. The summed E-state index contributed by atoms with van der Waals surface area (Å²) in [6.07, 6.45) is 0.0531. The predicted molar refractivity (Wildman–Crippen MR) is 133 cm³/mol. The van der Waals surface area contributed by atoms with Crippen molar-refractivity contribution in [3.63, 3.8) is 0 Å². The molecule has 3 aromatic carbocycles. The summed E-state index contributed by atoms with van der Waals surface area (Å²) in [7, 11) is 1.64. The topological polar surface area (TPSA) is 59.1 Å². The zero-order chi connectivity index (χ0) is 24.2.